The molecule has 3 aromatic heterocycles. The minimum Gasteiger partial charge on any atom is -0.347 e. The molecule has 3 aromatic rings. The topological polar surface area (TPSA) is 51.0 Å². The second-order valence-electron chi connectivity index (χ2n) is 6.99. The van der Waals surface area contributed by atoms with E-state index in [1.807, 2.05) is 22.9 Å². The third-order valence-corrected chi connectivity index (χ3v) is 4.77. The Kier molecular flexibility index (Phi) is 5.14. The van der Waals surface area contributed by atoms with Crippen LogP contribution in [0.25, 0.3) is 10.9 Å². The van der Waals surface area contributed by atoms with Crippen molar-refractivity contribution in [2.45, 2.75) is 33.0 Å². The van der Waals surface area contributed by atoms with Crippen molar-refractivity contribution in [2.24, 2.45) is 0 Å². The van der Waals surface area contributed by atoms with Gasteiger partial charge in [-0.2, -0.15) is 13.2 Å². The summed E-state index contributed by atoms with van der Waals surface area (Å²) >= 11 is 0. The molecule has 148 valence electrons. The van der Waals surface area contributed by atoms with E-state index in [9.17, 15) is 18.0 Å². The summed E-state index contributed by atoms with van der Waals surface area (Å²) in [5.74, 6) is -0.0329. The number of fused-ring (bicyclic) bond motifs is 1. The first kappa shape index (κ1) is 19.9. The van der Waals surface area contributed by atoms with Crippen molar-refractivity contribution in [3.63, 3.8) is 0 Å². The van der Waals surface area contributed by atoms with Crippen molar-refractivity contribution >= 4 is 16.8 Å². The second-order valence-corrected chi connectivity index (χ2v) is 6.99. The number of carbonyl (C=O) groups excluding carboxylic acids is 1. The molecular weight excluding hydrogens is 369 g/mol. The van der Waals surface area contributed by atoms with E-state index in [1.54, 1.807) is 34.1 Å². The van der Waals surface area contributed by atoms with Crippen LogP contribution in [0.5, 0.6) is 0 Å². The highest BCUT2D eigenvalue weighted by atomic mass is 19.4. The van der Waals surface area contributed by atoms with E-state index in [0.29, 0.717) is 17.7 Å². The Hall–Kier alpha value is -2.90. The highest BCUT2D eigenvalue weighted by Gasteiger charge is 2.33. The maximum atomic E-state index is 13.0. The van der Waals surface area contributed by atoms with E-state index in [1.165, 1.54) is 4.90 Å². The molecule has 0 aromatic carbocycles. The molecule has 0 aliphatic carbocycles. The number of alkyl halides is 3. The maximum Gasteiger partial charge on any atom is 0.433 e. The fourth-order valence-electron chi connectivity index (χ4n) is 3.19. The van der Waals surface area contributed by atoms with Gasteiger partial charge < -0.3 is 9.47 Å². The molecule has 3 heterocycles. The van der Waals surface area contributed by atoms with Crippen LogP contribution in [-0.2, 0) is 23.9 Å². The first-order chi connectivity index (χ1) is 13.1. The van der Waals surface area contributed by atoms with E-state index >= 15 is 0 Å². The average molecular weight is 390 g/mol. The van der Waals surface area contributed by atoms with Gasteiger partial charge in [0.15, 0.2) is 0 Å². The van der Waals surface area contributed by atoms with Gasteiger partial charge >= 0.3 is 6.18 Å². The quantitative estimate of drug-likeness (QED) is 0.682. The molecule has 3 rings (SSSR count). The Labute approximate surface area is 160 Å². The van der Waals surface area contributed by atoms with E-state index in [-0.39, 0.29) is 12.5 Å². The number of halogens is 3. The highest BCUT2D eigenvalue weighted by Crippen LogP contribution is 2.31. The third-order valence-electron chi connectivity index (χ3n) is 4.77. The smallest absolute Gasteiger partial charge is 0.347 e. The Balaban J connectivity index is 1.98. The van der Waals surface area contributed by atoms with Gasteiger partial charge in [-0.15, -0.1) is 0 Å². The molecule has 0 fully saturated rings. The van der Waals surface area contributed by atoms with Crippen LogP contribution in [0.1, 0.15) is 28.2 Å². The summed E-state index contributed by atoms with van der Waals surface area (Å²) in [6.07, 6.45) is -0.632. The zero-order chi connectivity index (χ0) is 20.6. The minimum absolute atomic E-state index is 0.0329. The molecule has 5 nitrogen and oxygen atoms in total. The van der Waals surface area contributed by atoms with E-state index < -0.39 is 11.9 Å². The summed E-state index contributed by atoms with van der Waals surface area (Å²) < 4.78 is 40.8. The molecule has 0 N–H and O–H groups in total. The number of aryl methyl sites for hydroxylation is 2. The molecule has 0 atom stereocenters. The van der Waals surface area contributed by atoms with Crippen molar-refractivity contribution < 1.29 is 18.0 Å². The number of aromatic nitrogens is 3. The fraction of sp³-hybridized carbons (Fsp3) is 0.350. The van der Waals surface area contributed by atoms with Gasteiger partial charge in [-0.25, -0.2) is 4.98 Å². The number of hydrogen-bond acceptors (Lipinski definition) is 3. The van der Waals surface area contributed by atoms with Crippen molar-refractivity contribution in [3.05, 3.63) is 58.8 Å². The lowest BCUT2D eigenvalue weighted by molar-refractivity contribution is -0.141. The molecule has 0 saturated carbocycles. The van der Waals surface area contributed by atoms with Gasteiger partial charge in [0.2, 0.25) is 5.91 Å². The number of rotatable bonds is 4. The van der Waals surface area contributed by atoms with Crippen LogP contribution in [-0.4, -0.2) is 39.4 Å². The zero-order valence-corrected chi connectivity index (χ0v) is 16.1. The summed E-state index contributed by atoms with van der Waals surface area (Å²) in [7, 11) is 3.40. The largest absolute Gasteiger partial charge is 0.433 e. The van der Waals surface area contributed by atoms with Gasteiger partial charge in [-0.05, 0) is 43.2 Å². The van der Waals surface area contributed by atoms with Crippen LogP contribution in [0.3, 0.4) is 0 Å². The van der Waals surface area contributed by atoms with Crippen LogP contribution < -0.4 is 0 Å². The van der Waals surface area contributed by atoms with E-state index in [0.717, 1.165) is 28.2 Å². The predicted octanol–water partition coefficient (Wildman–Crippen LogP) is 3.75. The van der Waals surface area contributed by atoms with Gasteiger partial charge in [0.1, 0.15) is 12.2 Å². The Morgan fingerprint density at radius 3 is 2.54 bits per heavy atom. The molecule has 0 aliphatic rings. The molecule has 0 spiro atoms. The summed E-state index contributed by atoms with van der Waals surface area (Å²) in [5.41, 5.74) is 2.31. The second kappa shape index (κ2) is 7.26. The highest BCUT2D eigenvalue weighted by molar-refractivity contribution is 5.85. The predicted molar refractivity (Wildman–Crippen MR) is 99.9 cm³/mol. The number of carbonyl (C=O) groups is 1. The van der Waals surface area contributed by atoms with Crippen molar-refractivity contribution in [2.75, 3.05) is 14.1 Å². The summed E-state index contributed by atoms with van der Waals surface area (Å²) in [6.45, 7) is 3.44. The van der Waals surface area contributed by atoms with E-state index in [4.69, 9.17) is 0 Å². The maximum absolute atomic E-state index is 13.0. The molecule has 8 heteroatoms. The molecule has 0 radical (unpaired) electrons. The normalized spacial score (nSPS) is 11.8. The molecule has 0 saturated heterocycles. The molecule has 28 heavy (non-hydrogen) atoms. The first-order valence-electron chi connectivity index (χ1n) is 8.75. The Bertz CT molecular complexity index is 1010. The summed E-state index contributed by atoms with van der Waals surface area (Å²) in [6, 6.07) is 4.78. The number of likely N-dealkylation sites (N-methyl/N-ethyl adjacent to an activating group) is 1. The SMILES string of the molecule is Cc1cc(C(F)(F)F)nc(C)c1Cc1nccc2c1ccn2CC(=O)N(C)C. The van der Waals surface area contributed by atoms with Crippen molar-refractivity contribution in [1.82, 2.24) is 19.4 Å². The lowest BCUT2D eigenvalue weighted by Gasteiger charge is -2.14. The lowest BCUT2D eigenvalue weighted by Crippen LogP contribution is -2.25. The van der Waals surface area contributed by atoms with Crippen LogP contribution in [0.4, 0.5) is 13.2 Å². The van der Waals surface area contributed by atoms with Gasteiger partial charge in [0.25, 0.3) is 0 Å². The number of hydrogen-bond donors (Lipinski definition) is 0. The number of amides is 1. The number of nitrogens with zero attached hydrogens (tertiary/aromatic N) is 4. The summed E-state index contributed by atoms with van der Waals surface area (Å²) in [4.78, 5) is 21.7. The molecule has 0 aliphatic heterocycles. The molecule has 0 unspecified atom stereocenters. The van der Waals surface area contributed by atoms with Crippen molar-refractivity contribution in [3.8, 4) is 0 Å². The van der Waals surface area contributed by atoms with Crippen LogP contribution >= 0.6 is 0 Å². The molecular formula is C20H21F3N4O. The van der Waals surface area contributed by atoms with Gasteiger partial charge in [0.05, 0.1) is 11.2 Å². The van der Waals surface area contributed by atoms with Crippen LogP contribution in [0, 0.1) is 13.8 Å². The molecule has 0 bridgehead atoms. The van der Waals surface area contributed by atoms with E-state index in [2.05, 4.69) is 9.97 Å². The first-order valence-corrected chi connectivity index (χ1v) is 8.75. The monoisotopic (exact) mass is 390 g/mol. The zero-order valence-electron chi connectivity index (χ0n) is 16.1. The number of pyridine rings is 2. The van der Waals surface area contributed by atoms with Crippen LogP contribution in [0.15, 0.2) is 30.6 Å². The van der Waals surface area contributed by atoms with Crippen molar-refractivity contribution in [1.29, 1.82) is 0 Å². The lowest BCUT2D eigenvalue weighted by atomic mass is 10.00. The standard InChI is InChI=1S/C20H21F3N4O/c1-12-9-18(20(21,22)23)25-13(2)15(12)10-16-14-6-8-27(11-19(28)26(3)4)17(14)5-7-24-16/h5-9H,10-11H2,1-4H3. The van der Waals surface area contributed by atoms with Gasteiger partial charge in [-0.3, -0.25) is 9.78 Å². The Morgan fingerprint density at radius 2 is 1.93 bits per heavy atom. The minimum atomic E-state index is -4.47. The Morgan fingerprint density at radius 1 is 1.21 bits per heavy atom. The third kappa shape index (κ3) is 3.85. The summed E-state index contributed by atoms with van der Waals surface area (Å²) in [5, 5.41) is 0.868. The average Bonchev–Trinajstić information content (AvgIpc) is 3.00. The molecule has 1 amide bonds. The van der Waals surface area contributed by atoms with Gasteiger partial charge in [-0.1, -0.05) is 0 Å². The fourth-order valence-corrected chi connectivity index (χ4v) is 3.19. The van der Waals surface area contributed by atoms with Gasteiger partial charge in [0, 0.05) is 44.0 Å². The van der Waals surface area contributed by atoms with Crippen LogP contribution in [0.2, 0.25) is 0 Å².